The van der Waals surface area contributed by atoms with Crippen molar-refractivity contribution in [2.45, 2.75) is 6.42 Å². The molecule has 0 aliphatic heterocycles. The van der Waals surface area contributed by atoms with Crippen LogP contribution in [-0.2, 0) is 19.7 Å². The summed E-state index contributed by atoms with van der Waals surface area (Å²) in [6.07, 6.45) is 0.748. The second-order valence-electron chi connectivity index (χ2n) is 3.74. The van der Waals surface area contributed by atoms with E-state index in [4.69, 9.17) is 9.47 Å². The lowest BCUT2D eigenvalue weighted by molar-refractivity contribution is 0.149. The summed E-state index contributed by atoms with van der Waals surface area (Å²) in [6.45, 7) is 2.56. The third-order valence-corrected chi connectivity index (χ3v) is 3.93. The molecule has 110 valence electrons. The Labute approximate surface area is 110 Å². The van der Waals surface area contributed by atoms with Gasteiger partial charge in [-0.25, -0.2) is 4.72 Å². The quantitative estimate of drug-likeness (QED) is 0.450. The van der Waals surface area contributed by atoms with Crippen LogP contribution in [0.1, 0.15) is 6.42 Å². The molecule has 0 radical (unpaired) electrons. The average molecular weight is 283 g/mol. The Balaban J connectivity index is 4.24. The van der Waals surface area contributed by atoms with Gasteiger partial charge in [0.05, 0.1) is 13.2 Å². The molecule has 0 amide bonds. The van der Waals surface area contributed by atoms with Gasteiger partial charge in [-0.1, -0.05) is 0 Å². The maximum Gasteiger partial charge on any atom is 0.279 e. The van der Waals surface area contributed by atoms with Crippen LogP contribution >= 0.6 is 0 Å². The van der Waals surface area contributed by atoms with Gasteiger partial charge in [-0.2, -0.15) is 12.7 Å². The van der Waals surface area contributed by atoms with E-state index >= 15 is 0 Å². The molecule has 0 fully saturated rings. The highest BCUT2D eigenvalue weighted by atomic mass is 32.2. The van der Waals surface area contributed by atoms with Crippen molar-refractivity contribution >= 4 is 10.2 Å². The van der Waals surface area contributed by atoms with Crippen LogP contribution in [0.25, 0.3) is 0 Å². The highest BCUT2D eigenvalue weighted by Gasteiger charge is 2.20. The minimum Gasteiger partial charge on any atom is -0.383 e. The smallest absolute Gasteiger partial charge is 0.279 e. The molecular weight excluding hydrogens is 258 g/mol. The molecule has 0 heterocycles. The van der Waals surface area contributed by atoms with E-state index in [2.05, 4.69) is 10.0 Å². The van der Waals surface area contributed by atoms with Crippen LogP contribution < -0.4 is 10.0 Å². The summed E-state index contributed by atoms with van der Waals surface area (Å²) in [5.74, 6) is 0. The maximum absolute atomic E-state index is 12.0. The molecule has 0 rings (SSSR count). The predicted octanol–water partition coefficient (Wildman–Crippen LogP) is -0.975. The lowest BCUT2D eigenvalue weighted by atomic mass is 10.4. The molecule has 0 aromatic heterocycles. The molecule has 0 aromatic carbocycles. The van der Waals surface area contributed by atoms with Crippen molar-refractivity contribution in [3.05, 3.63) is 0 Å². The van der Waals surface area contributed by atoms with Gasteiger partial charge in [0.15, 0.2) is 0 Å². The van der Waals surface area contributed by atoms with Crippen LogP contribution in [0.2, 0.25) is 0 Å². The molecule has 0 aliphatic carbocycles. The van der Waals surface area contributed by atoms with E-state index in [1.165, 1.54) is 4.31 Å². The summed E-state index contributed by atoms with van der Waals surface area (Å²) in [4.78, 5) is 0. The fourth-order valence-electron chi connectivity index (χ4n) is 1.30. The Hall–Kier alpha value is -0.250. The first kappa shape index (κ1) is 17.8. The molecule has 0 unspecified atom stereocenters. The van der Waals surface area contributed by atoms with E-state index in [9.17, 15) is 8.42 Å². The van der Waals surface area contributed by atoms with Crippen molar-refractivity contribution in [3.63, 3.8) is 0 Å². The summed E-state index contributed by atoms with van der Waals surface area (Å²) in [7, 11) is 1.47. The lowest BCUT2D eigenvalue weighted by Gasteiger charge is -2.21. The Morgan fingerprint density at radius 2 is 1.61 bits per heavy atom. The van der Waals surface area contributed by atoms with Gasteiger partial charge >= 0.3 is 0 Å². The van der Waals surface area contributed by atoms with Gasteiger partial charge in [-0.15, -0.1) is 0 Å². The van der Waals surface area contributed by atoms with Crippen molar-refractivity contribution in [1.29, 1.82) is 0 Å². The molecule has 0 spiro atoms. The molecule has 0 saturated carbocycles. The normalized spacial score (nSPS) is 12.2. The van der Waals surface area contributed by atoms with Gasteiger partial charge < -0.3 is 14.8 Å². The van der Waals surface area contributed by atoms with Crippen LogP contribution in [0, 0.1) is 0 Å². The topological polar surface area (TPSA) is 79.9 Å². The first-order valence-electron chi connectivity index (χ1n) is 5.95. The zero-order chi connectivity index (χ0) is 13.9. The van der Waals surface area contributed by atoms with E-state index in [0.717, 1.165) is 13.0 Å². The third-order valence-electron chi connectivity index (χ3n) is 2.32. The highest BCUT2D eigenvalue weighted by Crippen LogP contribution is 1.98. The molecule has 2 N–H and O–H groups in total. The zero-order valence-electron chi connectivity index (χ0n) is 11.4. The van der Waals surface area contributed by atoms with Crippen LogP contribution in [0.4, 0.5) is 0 Å². The van der Waals surface area contributed by atoms with Gasteiger partial charge in [0.2, 0.25) is 0 Å². The predicted molar refractivity (Wildman–Crippen MR) is 70.8 cm³/mol. The van der Waals surface area contributed by atoms with E-state index in [0.29, 0.717) is 32.8 Å². The summed E-state index contributed by atoms with van der Waals surface area (Å²) >= 11 is 0. The largest absolute Gasteiger partial charge is 0.383 e. The first-order chi connectivity index (χ1) is 8.58. The number of hydrogen-bond acceptors (Lipinski definition) is 5. The summed E-state index contributed by atoms with van der Waals surface area (Å²) in [5.41, 5.74) is 0. The lowest BCUT2D eigenvalue weighted by Crippen LogP contribution is -2.44. The number of rotatable bonds is 12. The van der Waals surface area contributed by atoms with Gasteiger partial charge in [-0.3, -0.25) is 0 Å². The molecular formula is C10H25N3O4S. The Bertz CT molecular complexity index is 277. The fourth-order valence-corrected chi connectivity index (χ4v) is 2.51. The standard InChI is InChI=1S/C10H25N3O4S/c1-11-5-4-6-12-18(14,15)13(7-9-16-2)8-10-17-3/h11-12H,4-10H2,1-3H3. The fraction of sp³-hybridized carbons (Fsp3) is 1.00. The Kier molecular flexibility index (Phi) is 10.5. The Morgan fingerprint density at radius 3 is 2.06 bits per heavy atom. The van der Waals surface area contributed by atoms with E-state index < -0.39 is 10.2 Å². The molecule has 0 saturated heterocycles. The first-order valence-corrected chi connectivity index (χ1v) is 7.39. The maximum atomic E-state index is 12.0. The van der Waals surface area contributed by atoms with Crippen molar-refractivity contribution in [2.75, 3.05) is 60.7 Å². The van der Waals surface area contributed by atoms with Crippen molar-refractivity contribution in [1.82, 2.24) is 14.3 Å². The molecule has 18 heavy (non-hydrogen) atoms. The van der Waals surface area contributed by atoms with Crippen LogP contribution in [-0.4, -0.2) is 73.4 Å². The van der Waals surface area contributed by atoms with Gasteiger partial charge in [-0.05, 0) is 20.0 Å². The molecule has 8 heteroatoms. The number of nitrogens with one attached hydrogen (secondary N) is 2. The number of methoxy groups -OCH3 is 2. The van der Waals surface area contributed by atoms with Crippen LogP contribution in [0.15, 0.2) is 0 Å². The van der Waals surface area contributed by atoms with Crippen molar-refractivity contribution < 1.29 is 17.9 Å². The summed E-state index contributed by atoms with van der Waals surface area (Å²) in [5, 5.41) is 2.96. The van der Waals surface area contributed by atoms with Crippen LogP contribution in [0.3, 0.4) is 0 Å². The molecule has 0 aromatic rings. The van der Waals surface area contributed by atoms with Gasteiger partial charge in [0.1, 0.15) is 0 Å². The molecule has 0 bridgehead atoms. The second kappa shape index (κ2) is 10.7. The van der Waals surface area contributed by atoms with Crippen molar-refractivity contribution in [3.8, 4) is 0 Å². The SMILES string of the molecule is CNCCCNS(=O)(=O)N(CCOC)CCOC. The van der Waals surface area contributed by atoms with Gasteiger partial charge in [0, 0.05) is 33.9 Å². The highest BCUT2D eigenvalue weighted by molar-refractivity contribution is 7.87. The Morgan fingerprint density at radius 1 is 1.06 bits per heavy atom. The average Bonchev–Trinajstić information content (AvgIpc) is 2.34. The monoisotopic (exact) mass is 283 g/mol. The molecule has 0 atom stereocenters. The molecule has 7 nitrogen and oxygen atoms in total. The number of ether oxygens (including phenoxy) is 2. The van der Waals surface area contributed by atoms with E-state index in [1.54, 1.807) is 14.2 Å². The van der Waals surface area contributed by atoms with E-state index in [-0.39, 0.29) is 0 Å². The number of hydrogen-bond donors (Lipinski definition) is 2. The van der Waals surface area contributed by atoms with Crippen molar-refractivity contribution in [2.24, 2.45) is 0 Å². The van der Waals surface area contributed by atoms with E-state index in [1.807, 2.05) is 7.05 Å². The molecule has 0 aliphatic rings. The second-order valence-corrected chi connectivity index (χ2v) is 5.50. The van der Waals surface area contributed by atoms with Crippen LogP contribution in [0.5, 0.6) is 0 Å². The third kappa shape index (κ3) is 7.96. The zero-order valence-corrected chi connectivity index (χ0v) is 12.3. The summed E-state index contributed by atoms with van der Waals surface area (Å²) < 4.78 is 37.7. The minimum absolute atomic E-state index is 0.321. The van der Waals surface area contributed by atoms with Gasteiger partial charge in [0.25, 0.3) is 10.2 Å². The number of nitrogens with zero attached hydrogens (tertiary/aromatic N) is 1. The summed E-state index contributed by atoms with van der Waals surface area (Å²) in [6, 6.07) is 0. The minimum atomic E-state index is -3.45.